The van der Waals surface area contributed by atoms with E-state index in [2.05, 4.69) is 51.1 Å². The number of nitrogens with zero attached hydrogens (tertiary/aromatic N) is 4. The Hall–Kier alpha value is -3.06. The number of thiophene rings is 2. The molecule has 0 aliphatic carbocycles. The Balaban J connectivity index is 1.11. The molecule has 0 unspecified atom stereocenters. The maximum absolute atomic E-state index is 17.1. The molecule has 0 atom stereocenters. The van der Waals surface area contributed by atoms with Gasteiger partial charge in [-0.25, -0.2) is 8.78 Å². The van der Waals surface area contributed by atoms with Crippen molar-refractivity contribution in [2.24, 2.45) is 0 Å². The summed E-state index contributed by atoms with van der Waals surface area (Å²) < 4.78 is 69.6. The van der Waals surface area contributed by atoms with Gasteiger partial charge in [0.1, 0.15) is 33.3 Å². The molecular formula is C84H132F2N4O2S4. The van der Waals surface area contributed by atoms with Crippen molar-refractivity contribution in [2.75, 3.05) is 0 Å². The van der Waals surface area contributed by atoms with Gasteiger partial charge in [0, 0.05) is 36.2 Å². The van der Waals surface area contributed by atoms with Crippen LogP contribution in [-0.2, 0) is 11.2 Å². The first-order chi connectivity index (χ1) is 47.2. The number of fused-ring (bicyclic) bond motifs is 11. The molecule has 0 saturated heterocycles. The van der Waals surface area contributed by atoms with Crippen molar-refractivity contribution in [2.45, 2.75) is 412 Å². The van der Waals surface area contributed by atoms with Crippen LogP contribution in [0.5, 0.6) is 11.5 Å². The summed E-state index contributed by atoms with van der Waals surface area (Å²) in [6.07, 6.45) is 71.5. The van der Waals surface area contributed by atoms with E-state index < -0.39 is 22.8 Å². The highest BCUT2D eigenvalue weighted by Crippen LogP contribution is 2.65. The van der Waals surface area contributed by atoms with Crippen molar-refractivity contribution in [1.82, 2.24) is 17.5 Å². The maximum atomic E-state index is 17.1. The Labute approximate surface area is 600 Å². The van der Waals surface area contributed by atoms with Gasteiger partial charge in [-0.2, -0.15) is 17.5 Å². The Morgan fingerprint density at radius 3 is 0.885 bits per heavy atom. The van der Waals surface area contributed by atoms with Gasteiger partial charge in [0.05, 0.1) is 40.1 Å². The van der Waals surface area contributed by atoms with E-state index in [9.17, 15) is 0 Å². The van der Waals surface area contributed by atoms with Crippen LogP contribution in [0.1, 0.15) is 409 Å². The molecule has 8 rings (SSSR count). The van der Waals surface area contributed by atoms with Crippen molar-refractivity contribution < 1.29 is 18.3 Å². The van der Waals surface area contributed by atoms with E-state index in [0.717, 1.165) is 120 Å². The molecule has 0 N–H and O–H groups in total. The lowest BCUT2D eigenvalue weighted by atomic mass is 9.78. The lowest BCUT2D eigenvalue weighted by Crippen LogP contribution is -2.39. The van der Waals surface area contributed by atoms with Gasteiger partial charge in [0.15, 0.2) is 23.1 Å². The molecule has 4 aromatic heterocycles. The molecule has 6 aromatic rings. The van der Waals surface area contributed by atoms with Crippen molar-refractivity contribution in [1.29, 1.82) is 0 Å². The summed E-state index contributed by atoms with van der Waals surface area (Å²) in [5, 5.41) is 0. The second-order valence-corrected chi connectivity index (χ2v) is 33.4. The summed E-state index contributed by atoms with van der Waals surface area (Å²) in [5.41, 5.74) is 6.03. The lowest BCUT2D eigenvalue weighted by molar-refractivity contribution is 0.0119. The molecule has 2 aliphatic rings. The SMILES string of the molecule is CCCCCCCCCCCCCCCC1(CCCCCCCCCCCCCCC)Oc2c3c(c4nsnc4c2-c2sc(C)cc21)-c1sc(-c2c(F)c(F)c(C)c4nsnc24)cc1C(CCCCCCCCCCCCCCC)(CCCCCCCCCCCCCCC)O3. The van der Waals surface area contributed by atoms with Gasteiger partial charge in [0.25, 0.3) is 0 Å². The molecule has 0 spiro atoms. The highest BCUT2D eigenvalue weighted by Gasteiger charge is 2.50. The summed E-state index contributed by atoms with van der Waals surface area (Å²) in [4.78, 5) is 4.26. The fraction of sp³-hybridized carbons (Fsp3) is 0.762. The summed E-state index contributed by atoms with van der Waals surface area (Å²) in [7, 11) is 0. The number of rotatable bonds is 57. The zero-order valence-corrected chi connectivity index (χ0v) is 65.0. The van der Waals surface area contributed by atoms with Gasteiger partial charge in [-0.05, 0) is 77.3 Å². The van der Waals surface area contributed by atoms with Crippen LogP contribution in [0.4, 0.5) is 8.78 Å². The van der Waals surface area contributed by atoms with Crippen LogP contribution in [0.25, 0.3) is 53.4 Å². The number of benzene rings is 2. The first-order valence-electron chi connectivity index (χ1n) is 40.8. The summed E-state index contributed by atoms with van der Waals surface area (Å²) in [6, 6.07) is 4.65. The van der Waals surface area contributed by atoms with E-state index in [1.54, 1.807) is 18.3 Å². The monoisotopic (exact) mass is 1390 g/mol. The Bertz CT molecular complexity index is 3040. The average molecular weight is 1400 g/mol. The smallest absolute Gasteiger partial charge is 0.174 e. The minimum atomic E-state index is -0.855. The molecule has 96 heavy (non-hydrogen) atoms. The first-order valence-corrected chi connectivity index (χ1v) is 43.9. The minimum absolute atomic E-state index is 0.203. The summed E-state index contributed by atoms with van der Waals surface area (Å²) in [6.45, 7) is 13.1. The fourth-order valence-corrected chi connectivity index (χ4v) is 19.8. The highest BCUT2D eigenvalue weighted by atomic mass is 32.1. The van der Waals surface area contributed by atoms with Crippen LogP contribution in [0.2, 0.25) is 0 Å². The second-order valence-electron chi connectivity index (χ2n) is 30.1. The summed E-state index contributed by atoms with van der Waals surface area (Å²) in [5.74, 6) is -0.0732. The number of hydrogen-bond donors (Lipinski definition) is 0. The van der Waals surface area contributed by atoms with Crippen LogP contribution in [0, 0.1) is 25.5 Å². The zero-order chi connectivity index (χ0) is 67.5. The molecule has 6 heterocycles. The van der Waals surface area contributed by atoms with Gasteiger partial charge in [0.2, 0.25) is 0 Å². The van der Waals surface area contributed by atoms with Crippen molar-refractivity contribution in [3.8, 4) is 42.8 Å². The number of halogens is 2. The largest absolute Gasteiger partial charge is 0.478 e. The Morgan fingerprint density at radius 1 is 0.312 bits per heavy atom. The average Bonchev–Trinajstić information content (AvgIpc) is 1.48. The number of unbranched alkanes of at least 4 members (excludes halogenated alkanes) is 48. The van der Waals surface area contributed by atoms with Crippen LogP contribution in [0.3, 0.4) is 0 Å². The Morgan fingerprint density at radius 2 is 0.573 bits per heavy atom. The van der Waals surface area contributed by atoms with E-state index in [4.69, 9.17) is 22.6 Å². The van der Waals surface area contributed by atoms with Crippen LogP contribution in [-0.4, -0.2) is 17.5 Å². The molecule has 2 aliphatic heterocycles. The van der Waals surface area contributed by atoms with Gasteiger partial charge in [-0.3, -0.25) is 0 Å². The van der Waals surface area contributed by atoms with Crippen LogP contribution in [0.15, 0.2) is 12.1 Å². The van der Waals surface area contributed by atoms with E-state index >= 15 is 8.78 Å². The predicted molar refractivity (Wildman–Crippen MR) is 416 cm³/mol. The minimum Gasteiger partial charge on any atom is -0.478 e. The normalized spacial score (nSPS) is 13.8. The van der Waals surface area contributed by atoms with Gasteiger partial charge < -0.3 is 9.47 Å². The van der Waals surface area contributed by atoms with Crippen molar-refractivity contribution in [3.05, 3.63) is 45.3 Å². The van der Waals surface area contributed by atoms with Crippen LogP contribution < -0.4 is 9.47 Å². The van der Waals surface area contributed by atoms with E-state index in [1.807, 2.05) is 11.3 Å². The van der Waals surface area contributed by atoms with Gasteiger partial charge in [-0.1, -0.05) is 336 Å². The number of aromatic nitrogens is 4. The zero-order valence-electron chi connectivity index (χ0n) is 61.7. The van der Waals surface area contributed by atoms with Crippen molar-refractivity contribution in [3.63, 3.8) is 0 Å². The van der Waals surface area contributed by atoms with Crippen molar-refractivity contribution >= 4 is 68.2 Å². The predicted octanol–water partition coefficient (Wildman–Crippen LogP) is 30.8. The third-order valence-corrected chi connectivity index (χ3v) is 25.3. The van der Waals surface area contributed by atoms with Gasteiger partial charge in [-0.15, -0.1) is 22.7 Å². The Kier molecular flexibility index (Phi) is 36.3. The quantitative estimate of drug-likeness (QED) is 0.0355. The molecule has 6 nitrogen and oxygen atoms in total. The molecular weight excluding hydrogens is 1260 g/mol. The lowest BCUT2D eigenvalue weighted by Gasteiger charge is -2.44. The third kappa shape index (κ3) is 23.0. The molecule has 0 amide bonds. The van der Waals surface area contributed by atoms with E-state index in [0.29, 0.717) is 15.9 Å². The standard InChI is InChI=1S/C84H132F2N4O2S4/c1-7-11-15-19-23-27-31-35-39-43-47-51-55-59-83(60-56-52-48-44-40-36-32-28-24-20-16-12-8-2)67-63-65(5)93-81(67)71-77-78(90-96-89-77)72-80(79(71)91-83)92-84(61-57-53-49-45-41-37-33-29-25-21-17-13-9-3,62-58-54-50-46-42-38-34-30-26-22-18-14-10-4)68-64-69(94-82(68)72)70-74(86)73(85)66(6)75-76(70)88-95-87-75/h63-64H,7-62H2,1-6H3. The van der Waals surface area contributed by atoms with Gasteiger partial charge >= 0.3 is 0 Å². The molecule has 0 bridgehead atoms. The topological polar surface area (TPSA) is 70.0 Å². The maximum Gasteiger partial charge on any atom is 0.174 e. The number of aryl methyl sites for hydroxylation is 2. The number of ether oxygens (including phenoxy) is 2. The molecule has 538 valence electrons. The number of hydrogen-bond acceptors (Lipinski definition) is 10. The molecule has 12 heteroatoms. The van der Waals surface area contributed by atoms with Crippen LogP contribution >= 0.6 is 46.1 Å². The first kappa shape index (κ1) is 78.7. The molecule has 2 aromatic carbocycles. The highest BCUT2D eigenvalue weighted by molar-refractivity contribution is 7.19. The fourth-order valence-electron chi connectivity index (χ4n) is 16.2. The van der Waals surface area contributed by atoms with E-state index in [-0.39, 0.29) is 11.1 Å². The summed E-state index contributed by atoms with van der Waals surface area (Å²) >= 11 is 5.75. The third-order valence-electron chi connectivity index (χ3n) is 22.0. The molecule has 0 fully saturated rings. The molecule has 0 radical (unpaired) electrons. The second kappa shape index (κ2) is 44.3. The van der Waals surface area contributed by atoms with E-state index in [1.165, 1.54) is 322 Å². The molecule has 0 saturated carbocycles.